The Labute approximate surface area is 139 Å². The van der Waals surface area contributed by atoms with Gasteiger partial charge in [0.15, 0.2) is 5.69 Å². The van der Waals surface area contributed by atoms with E-state index < -0.39 is 5.97 Å². The minimum absolute atomic E-state index is 0.00465. The van der Waals surface area contributed by atoms with E-state index in [1.165, 1.54) is 22.8 Å². The number of aromatic nitrogens is 1. The Hall–Kier alpha value is -3.27. The average Bonchev–Trinajstić information content (AvgIpc) is 2.91. The first-order valence-electron chi connectivity index (χ1n) is 7.17. The molecule has 0 aliphatic carbocycles. The zero-order chi connectivity index (χ0) is 17.9. The van der Waals surface area contributed by atoms with Gasteiger partial charge in [-0.3, -0.25) is 4.79 Å². The Balaban J connectivity index is 2.41. The van der Waals surface area contributed by atoms with E-state index in [1.54, 1.807) is 38.4 Å². The highest BCUT2D eigenvalue weighted by atomic mass is 16.5. The van der Waals surface area contributed by atoms with E-state index in [9.17, 15) is 9.59 Å². The lowest BCUT2D eigenvalue weighted by Gasteiger charge is -2.11. The van der Waals surface area contributed by atoms with Gasteiger partial charge in [0, 0.05) is 26.0 Å². The SMILES string of the molecule is COC(=O)c1c(N)c(C#N)cn1-c1ccc(CC(=O)N(C)C)cc1. The Bertz CT molecular complexity index is 814. The largest absolute Gasteiger partial charge is 0.464 e. The molecule has 2 N–H and O–H groups in total. The van der Waals surface area contributed by atoms with Crippen LogP contribution in [0.1, 0.15) is 21.6 Å². The van der Waals surface area contributed by atoms with Gasteiger partial charge < -0.3 is 19.9 Å². The lowest BCUT2D eigenvalue weighted by molar-refractivity contribution is -0.127. The molecule has 0 saturated heterocycles. The average molecular weight is 326 g/mol. The van der Waals surface area contributed by atoms with Gasteiger partial charge >= 0.3 is 5.97 Å². The highest BCUT2D eigenvalue weighted by molar-refractivity contribution is 5.95. The number of carbonyl (C=O) groups excluding carboxylic acids is 2. The van der Waals surface area contributed by atoms with Gasteiger partial charge in [0.2, 0.25) is 5.91 Å². The van der Waals surface area contributed by atoms with E-state index in [-0.39, 0.29) is 29.3 Å². The second kappa shape index (κ2) is 6.87. The number of carbonyl (C=O) groups is 2. The van der Waals surface area contributed by atoms with Crippen molar-refractivity contribution in [1.82, 2.24) is 9.47 Å². The zero-order valence-corrected chi connectivity index (χ0v) is 13.7. The molecule has 0 aliphatic rings. The van der Waals surface area contributed by atoms with Crippen LogP contribution in [0.3, 0.4) is 0 Å². The number of nitrogens with two attached hydrogens (primary N) is 1. The van der Waals surface area contributed by atoms with Crippen LogP contribution in [0.25, 0.3) is 5.69 Å². The van der Waals surface area contributed by atoms with Gasteiger partial charge in [0.05, 0.1) is 24.8 Å². The zero-order valence-electron chi connectivity index (χ0n) is 13.7. The number of nitrogens with zero attached hydrogens (tertiary/aromatic N) is 3. The monoisotopic (exact) mass is 326 g/mol. The highest BCUT2D eigenvalue weighted by Crippen LogP contribution is 2.24. The second-order valence-corrected chi connectivity index (χ2v) is 5.41. The topological polar surface area (TPSA) is 101 Å². The highest BCUT2D eigenvalue weighted by Gasteiger charge is 2.21. The molecular formula is C17H18N4O3. The fraction of sp³-hybridized carbons (Fsp3) is 0.235. The number of methoxy groups -OCH3 is 1. The van der Waals surface area contributed by atoms with Crippen LogP contribution in [0.5, 0.6) is 0 Å². The van der Waals surface area contributed by atoms with Gasteiger partial charge in [-0.2, -0.15) is 5.26 Å². The molecule has 0 unspecified atom stereocenters. The number of benzene rings is 1. The van der Waals surface area contributed by atoms with Crippen molar-refractivity contribution in [2.75, 3.05) is 26.9 Å². The van der Waals surface area contributed by atoms with Crippen molar-refractivity contribution in [3.63, 3.8) is 0 Å². The minimum atomic E-state index is -0.624. The van der Waals surface area contributed by atoms with Crippen LogP contribution >= 0.6 is 0 Å². The summed E-state index contributed by atoms with van der Waals surface area (Å²) >= 11 is 0. The summed E-state index contributed by atoms with van der Waals surface area (Å²) in [5.41, 5.74) is 7.73. The van der Waals surface area contributed by atoms with Crippen LogP contribution < -0.4 is 5.73 Å². The van der Waals surface area contributed by atoms with Crippen LogP contribution in [0, 0.1) is 11.3 Å². The predicted molar refractivity (Wildman–Crippen MR) is 88.6 cm³/mol. The van der Waals surface area contributed by atoms with Gasteiger partial charge in [-0.15, -0.1) is 0 Å². The Morgan fingerprint density at radius 2 is 1.92 bits per heavy atom. The van der Waals surface area contributed by atoms with E-state index in [2.05, 4.69) is 0 Å². The summed E-state index contributed by atoms with van der Waals surface area (Å²) in [4.78, 5) is 25.2. The van der Waals surface area contributed by atoms with Crippen LogP contribution in [0.2, 0.25) is 0 Å². The van der Waals surface area contributed by atoms with Crippen LogP contribution in [-0.4, -0.2) is 42.5 Å². The van der Waals surface area contributed by atoms with Gasteiger partial charge in [-0.05, 0) is 17.7 Å². The summed E-state index contributed by atoms with van der Waals surface area (Å²) in [6.07, 6.45) is 1.77. The summed E-state index contributed by atoms with van der Waals surface area (Å²) in [7, 11) is 4.65. The molecule has 1 aromatic heterocycles. The second-order valence-electron chi connectivity index (χ2n) is 5.41. The molecule has 7 nitrogen and oxygen atoms in total. The molecule has 2 aromatic rings. The Morgan fingerprint density at radius 3 is 2.42 bits per heavy atom. The molecule has 124 valence electrons. The number of rotatable bonds is 4. The number of nitriles is 1. The van der Waals surface area contributed by atoms with Crippen molar-refractivity contribution in [2.24, 2.45) is 0 Å². The van der Waals surface area contributed by atoms with E-state index in [0.29, 0.717) is 5.69 Å². The first-order chi connectivity index (χ1) is 11.4. The minimum Gasteiger partial charge on any atom is -0.464 e. The lowest BCUT2D eigenvalue weighted by Crippen LogP contribution is -2.23. The van der Waals surface area contributed by atoms with Crippen molar-refractivity contribution in [2.45, 2.75) is 6.42 Å². The predicted octanol–water partition coefficient (Wildman–Crippen LogP) is 1.35. The molecule has 1 amide bonds. The Kier molecular flexibility index (Phi) is 4.90. The summed E-state index contributed by atoms with van der Waals surface area (Å²) in [6.45, 7) is 0. The standard InChI is InChI=1S/C17H18N4O3/c1-20(2)14(22)8-11-4-6-13(7-5-11)21-10-12(9-18)15(19)16(21)17(23)24-3/h4-7,10H,8,19H2,1-3H3. The van der Waals surface area contributed by atoms with E-state index in [4.69, 9.17) is 15.7 Å². The molecule has 1 aromatic carbocycles. The molecule has 1 heterocycles. The van der Waals surface area contributed by atoms with Gasteiger partial charge in [0.25, 0.3) is 0 Å². The molecule has 0 fully saturated rings. The van der Waals surface area contributed by atoms with Gasteiger partial charge in [-0.1, -0.05) is 12.1 Å². The molecule has 2 rings (SSSR count). The number of esters is 1. The fourth-order valence-corrected chi connectivity index (χ4v) is 2.23. The normalized spacial score (nSPS) is 10.1. The van der Waals surface area contributed by atoms with Crippen molar-refractivity contribution >= 4 is 17.6 Å². The third kappa shape index (κ3) is 3.22. The molecular weight excluding hydrogens is 308 g/mol. The van der Waals surface area contributed by atoms with Crippen molar-refractivity contribution in [1.29, 1.82) is 5.26 Å². The number of amides is 1. The van der Waals surface area contributed by atoms with Crippen molar-refractivity contribution in [3.05, 3.63) is 47.3 Å². The quantitative estimate of drug-likeness (QED) is 0.855. The van der Waals surface area contributed by atoms with Gasteiger partial charge in [0.1, 0.15) is 6.07 Å². The molecule has 0 spiro atoms. The molecule has 24 heavy (non-hydrogen) atoms. The number of nitrogen functional groups attached to an aromatic ring is 1. The van der Waals surface area contributed by atoms with Crippen molar-refractivity contribution < 1.29 is 14.3 Å². The number of anilines is 1. The first-order valence-corrected chi connectivity index (χ1v) is 7.17. The number of likely N-dealkylation sites (N-methyl/N-ethyl adjacent to an activating group) is 1. The molecule has 0 atom stereocenters. The first kappa shape index (κ1) is 17.1. The molecule has 0 saturated carbocycles. The van der Waals surface area contributed by atoms with E-state index in [0.717, 1.165) is 5.56 Å². The third-order valence-electron chi connectivity index (χ3n) is 3.61. The summed E-state index contributed by atoms with van der Waals surface area (Å²) < 4.78 is 6.25. The van der Waals surface area contributed by atoms with Crippen LogP contribution in [0.15, 0.2) is 30.5 Å². The van der Waals surface area contributed by atoms with E-state index in [1.807, 2.05) is 6.07 Å². The van der Waals surface area contributed by atoms with Crippen LogP contribution in [-0.2, 0) is 16.0 Å². The maximum Gasteiger partial charge on any atom is 0.357 e. The summed E-state index contributed by atoms with van der Waals surface area (Å²) in [5, 5.41) is 9.12. The van der Waals surface area contributed by atoms with Gasteiger partial charge in [-0.25, -0.2) is 4.79 Å². The Morgan fingerprint density at radius 1 is 1.29 bits per heavy atom. The maximum atomic E-state index is 12.0. The van der Waals surface area contributed by atoms with Crippen molar-refractivity contribution in [3.8, 4) is 11.8 Å². The molecule has 0 bridgehead atoms. The molecule has 0 aliphatic heterocycles. The number of ether oxygens (including phenoxy) is 1. The smallest absolute Gasteiger partial charge is 0.357 e. The lowest BCUT2D eigenvalue weighted by atomic mass is 10.1. The summed E-state index contributed by atoms with van der Waals surface area (Å²) in [6, 6.07) is 9.04. The number of hydrogen-bond donors (Lipinski definition) is 1. The number of hydrogen-bond acceptors (Lipinski definition) is 5. The summed E-state index contributed by atoms with van der Waals surface area (Å²) in [5.74, 6) is -0.629. The van der Waals surface area contributed by atoms with Crippen LogP contribution in [0.4, 0.5) is 5.69 Å². The fourth-order valence-electron chi connectivity index (χ4n) is 2.23. The maximum absolute atomic E-state index is 12.0. The van der Waals surface area contributed by atoms with E-state index >= 15 is 0 Å². The molecule has 7 heteroatoms. The molecule has 0 radical (unpaired) electrons. The third-order valence-corrected chi connectivity index (χ3v) is 3.61.